The molecule has 3 heterocycles. The number of aromatic nitrogens is 2. The first-order valence-electron chi connectivity index (χ1n) is 21.6. The Balaban J connectivity index is 0.000000165. The second kappa shape index (κ2) is 21.9. The number of β-lactam (4-membered cyclic amide) rings is 1. The minimum Gasteiger partial charge on any atom is -0.324 e. The zero-order valence-electron chi connectivity index (χ0n) is 35.4. The van der Waals surface area contributed by atoms with Crippen molar-refractivity contribution < 1.29 is 9.59 Å². The minimum atomic E-state index is -0.232. The summed E-state index contributed by atoms with van der Waals surface area (Å²) in [7, 11) is 0. The largest absolute Gasteiger partial charge is 0.324 e. The molecule has 8 aromatic rings. The molecule has 1 saturated heterocycles. The van der Waals surface area contributed by atoms with E-state index in [1.165, 1.54) is 22.3 Å². The first-order chi connectivity index (χ1) is 30.5. The summed E-state index contributed by atoms with van der Waals surface area (Å²) in [5.41, 5.74) is 8.55. The number of hydrogen-bond donors (Lipinski definition) is 1. The average molecular weight is 815 g/mol. The van der Waals surface area contributed by atoms with Crippen LogP contribution < -0.4 is 10.2 Å². The van der Waals surface area contributed by atoms with Gasteiger partial charge in [0.1, 0.15) is 0 Å². The van der Waals surface area contributed by atoms with Crippen molar-refractivity contribution in [2.45, 2.75) is 51.5 Å². The highest BCUT2D eigenvalue weighted by atomic mass is 16.2. The Kier molecular flexibility index (Phi) is 15.2. The molecule has 3 atom stereocenters. The Morgan fingerprint density at radius 1 is 0.613 bits per heavy atom. The zero-order valence-corrected chi connectivity index (χ0v) is 35.4. The number of carbonyl (C=O) groups excluding carboxylic acids is 2. The number of aryl methyl sites for hydroxylation is 4. The van der Waals surface area contributed by atoms with E-state index in [0.717, 1.165) is 71.7 Å². The molecule has 3 unspecified atom stereocenters. The van der Waals surface area contributed by atoms with Crippen molar-refractivity contribution >= 4 is 45.0 Å². The summed E-state index contributed by atoms with van der Waals surface area (Å²) in [6.45, 7) is 5.91. The summed E-state index contributed by atoms with van der Waals surface area (Å²) in [6.07, 6.45) is 10.6. The van der Waals surface area contributed by atoms with Crippen LogP contribution in [0.1, 0.15) is 41.5 Å². The van der Waals surface area contributed by atoms with Crippen LogP contribution in [0.2, 0.25) is 0 Å². The molecule has 9 rings (SSSR count). The maximum Gasteiger partial charge on any atom is 0.232 e. The van der Waals surface area contributed by atoms with Crippen LogP contribution in [0.15, 0.2) is 207 Å². The van der Waals surface area contributed by atoms with Crippen molar-refractivity contribution in [3.63, 3.8) is 0 Å². The van der Waals surface area contributed by atoms with Crippen LogP contribution in [0, 0.1) is 18.8 Å². The van der Waals surface area contributed by atoms with Gasteiger partial charge in [-0.2, -0.15) is 0 Å². The molecular weight excluding hydrogens is 761 g/mol. The smallest absolute Gasteiger partial charge is 0.232 e. The third-order valence-electron chi connectivity index (χ3n) is 11.4. The van der Waals surface area contributed by atoms with E-state index in [1.807, 2.05) is 108 Å². The third-order valence-corrected chi connectivity index (χ3v) is 11.4. The number of rotatable bonds is 13. The predicted molar refractivity (Wildman–Crippen MR) is 256 cm³/mol. The normalized spacial score (nSPS) is 14.7. The Bertz CT molecular complexity index is 2640. The first kappa shape index (κ1) is 42.9. The zero-order chi connectivity index (χ0) is 42.9. The van der Waals surface area contributed by atoms with E-state index >= 15 is 0 Å². The molecule has 1 N–H and O–H groups in total. The van der Waals surface area contributed by atoms with Crippen LogP contribution in [0.3, 0.4) is 0 Å². The van der Waals surface area contributed by atoms with Gasteiger partial charge in [0.25, 0.3) is 0 Å². The molecule has 0 bridgehead atoms. The number of anilines is 2. The highest BCUT2D eigenvalue weighted by molar-refractivity contribution is 6.08. The Morgan fingerprint density at radius 2 is 1.11 bits per heavy atom. The number of carbonyl (C=O) groups is 2. The van der Waals surface area contributed by atoms with Crippen LogP contribution in [-0.2, 0) is 28.9 Å². The fraction of sp³-hybridized carbons (Fsp3) is 0.179. The van der Waals surface area contributed by atoms with Crippen LogP contribution in [0.5, 0.6) is 0 Å². The highest BCUT2D eigenvalue weighted by Gasteiger charge is 2.47. The monoisotopic (exact) mass is 814 g/mol. The van der Waals surface area contributed by atoms with Gasteiger partial charge >= 0.3 is 0 Å². The SMILES string of the molecule is C=CC(CCc1ccccc1)C(=O)Nc1cccc2cccnc12.Cc1ccccc1.O=C1C(CCc2ccccc2)C(CCc2ccccc2)N1c1cccc2cccnc12. The Labute approximate surface area is 366 Å². The molecule has 6 heteroatoms. The number of pyridine rings is 2. The van der Waals surface area contributed by atoms with Gasteiger partial charge in [-0.1, -0.05) is 169 Å². The van der Waals surface area contributed by atoms with E-state index in [1.54, 1.807) is 12.3 Å². The van der Waals surface area contributed by atoms with Crippen molar-refractivity contribution in [2.24, 2.45) is 11.8 Å². The molecule has 0 saturated carbocycles. The van der Waals surface area contributed by atoms with Gasteiger partial charge in [-0.25, -0.2) is 0 Å². The molecule has 2 amide bonds. The minimum absolute atomic E-state index is 0.0425. The molecule has 1 aliphatic rings. The average Bonchev–Trinajstić information content (AvgIpc) is 3.32. The van der Waals surface area contributed by atoms with Crippen LogP contribution >= 0.6 is 0 Å². The maximum atomic E-state index is 13.3. The van der Waals surface area contributed by atoms with Gasteiger partial charge in [-0.3, -0.25) is 19.6 Å². The molecule has 0 aliphatic carbocycles. The van der Waals surface area contributed by atoms with Gasteiger partial charge in [0.15, 0.2) is 0 Å². The summed E-state index contributed by atoms with van der Waals surface area (Å²) in [4.78, 5) is 36.9. The molecule has 310 valence electrons. The molecule has 6 nitrogen and oxygen atoms in total. The molecule has 62 heavy (non-hydrogen) atoms. The van der Waals surface area contributed by atoms with Crippen molar-refractivity contribution in [3.8, 4) is 0 Å². The Morgan fingerprint density at radius 3 is 1.68 bits per heavy atom. The molecule has 6 aromatic carbocycles. The first-order valence-corrected chi connectivity index (χ1v) is 21.6. The van der Waals surface area contributed by atoms with Crippen molar-refractivity contribution in [2.75, 3.05) is 10.2 Å². The topological polar surface area (TPSA) is 75.2 Å². The summed E-state index contributed by atoms with van der Waals surface area (Å²) >= 11 is 0. The quantitative estimate of drug-likeness (QED) is 0.0929. The summed E-state index contributed by atoms with van der Waals surface area (Å²) < 4.78 is 0. The van der Waals surface area contributed by atoms with Crippen molar-refractivity contribution in [1.82, 2.24) is 9.97 Å². The van der Waals surface area contributed by atoms with Gasteiger partial charge in [-0.15, -0.1) is 6.58 Å². The maximum absolute atomic E-state index is 13.3. The van der Waals surface area contributed by atoms with E-state index in [0.29, 0.717) is 0 Å². The lowest BCUT2D eigenvalue weighted by molar-refractivity contribution is -0.130. The van der Waals surface area contributed by atoms with Crippen molar-refractivity contribution in [3.05, 3.63) is 229 Å². The third kappa shape index (κ3) is 11.3. The lowest BCUT2D eigenvalue weighted by Gasteiger charge is -2.48. The van der Waals surface area contributed by atoms with E-state index in [-0.39, 0.29) is 29.7 Å². The molecule has 1 fully saturated rings. The van der Waals surface area contributed by atoms with Gasteiger partial charge in [0, 0.05) is 29.2 Å². The number of nitrogens with one attached hydrogen (secondary N) is 1. The predicted octanol–water partition coefficient (Wildman–Crippen LogP) is 12.4. The number of nitrogens with zero attached hydrogens (tertiary/aromatic N) is 3. The second-order valence-electron chi connectivity index (χ2n) is 15.7. The summed E-state index contributed by atoms with van der Waals surface area (Å²) in [5.74, 6) is 0.0123. The summed E-state index contributed by atoms with van der Waals surface area (Å²) in [5, 5.41) is 5.08. The number of amides is 2. The molecular formula is C56H54N4O2. The molecule has 2 aromatic heterocycles. The fourth-order valence-corrected chi connectivity index (χ4v) is 8.04. The van der Waals surface area contributed by atoms with Gasteiger partial charge in [-0.05, 0) is 86.4 Å². The second-order valence-corrected chi connectivity index (χ2v) is 15.7. The van der Waals surface area contributed by atoms with Gasteiger partial charge in [0.2, 0.25) is 11.8 Å². The van der Waals surface area contributed by atoms with Gasteiger partial charge < -0.3 is 10.2 Å². The van der Waals surface area contributed by atoms with Gasteiger partial charge in [0.05, 0.1) is 34.2 Å². The number of fused-ring (bicyclic) bond motifs is 2. The fourth-order valence-electron chi connectivity index (χ4n) is 8.04. The van der Waals surface area contributed by atoms with E-state index in [4.69, 9.17) is 0 Å². The van der Waals surface area contributed by atoms with E-state index in [2.05, 4.69) is 114 Å². The standard InChI is InChI=1S/C28H26N2O.C21H20N2O.C7H8/c31-28-24(18-16-21-9-3-1-4-10-21)25(19-17-22-11-5-2-6-12-22)30(28)26-15-7-13-23-14-8-20-29-27(23)26;1-2-17(14-13-16-8-4-3-5-9-16)21(24)23-19-12-6-10-18-11-7-15-22-20(18)19;1-7-5-3-2-4-6-7/h1-15,20,24-25H,16-19H2;2-12,15,17H,1,13-14H2,(H,23,24);2-6H,1H3. The molecule has 1 aliphatic heterocycles. The van der Waals surface area contributed by atoms with Crippen LogP contribution in [0.4, 0.5) is 11.4 Å². The van der Waals surface area contributed by atoms with E-state index in [9.17, 15) is 9.59 Å². The number of benzene rings is 6. The number of hydrogen-bond acceptors (Lipinski definition) is 4. The highest BCUT2D eigenvalue weighted by Crippen LogP contribution is 2.40. The molecule has 0 radical (unpaired) electrons. The number of para-hydroxylation sites is 2. The lowest BCUT2D eigenvalue weighted by atomic mass is 9.79. The lowest BCUT2D eigenvalue weighted by Crippen LogP contribution is -2.61. The van der Waals surface area contributed by atoms with E-state index < -0.39 is 0 Å². The molecule has 0 spiro atoms. The van der Waals surface area contributed by atoms with Crippen molar-refractivity contribution in [1.29, 1.82) is 0 Å². The van der Waals surface area contributed by atoms with Crippen LogP contribution in [0.25, 0.3) is 21.8 Å². The Hall–Kier alpha value is -7.18. The van der Waals surface area contributed by atoms with Crippen LogP contribution in [-0.4, -0.2) is 27.8 Å². The summed E-state index contributed by atoms with van der Waals surface area (Å²) in [6, 6.07) is 61.4.